The van der Waals surface area contributed by atoms with E-state index in [0.29, 0.717) is 0 Å². The lowest BCUT2D eigenvalue weighted by molar-refractivity contribution is 0.387. The van der Waals surface area contributed by atoms with Crippen LogP contribution in [0.1, 0.15) is 0 Å². The first-order valence-corrected chi connectivity index (χ1v) is 5.88. The maximum atomic E-state index is 14.3. The first-order valence-electron chi connectivity index (χ1n) is 5.88. The molecule has 21 heavy (non-hydrogen) atoms. The lowest BCUT2D eigenvalue weighted by Crippen LogP contribution is -2.08. The highest BCUT2D eigenvalue weighted by Gasteiger charge is 2.15. The number of anilines is 1. The predicted octanol–water partition coefficient (Wildman–Crippen LogP) is 0.849. The van der Waals surface area contributed by atoms with Gasteiger partial charge in [-0.25, -0.2) is 9.37 Å². The van der Waals surface area contributed by atoms with E-state index in [0.717, 1.165) is 0 Å². The number of nitrogens with zero attached hydrogens (tertiary/aromatic N) is 6. The molecule has 2 heterocycles. The fraction of sp³-hybridized carbons (Fsp3) is 0.0833. The first-order chi connectivity index (χ1) is 10.2. The molecule has 0 aliphatic carbocycles. The molecule has 1 aromatic carbocycles. The molecule has 106 valence electrons. The quantitative estimate of drug-likeness (QED) is 0.761. The van der Waals surface area contributed by atoms with E-state index in [1.807, 2.05) is 0 Å². The third kappa shape index (κ3) is 2.36. The maximum Gasteiger partial charge on any atom is 0.257 e. The topological polar surface area (TPSA) is 105 Å². The van der Waals surface area contributed by atoms with Gasteiger partial charge in [0.05, 0.1) is 12.7 Å². The minimum Gasteiger partial charge on any atom is -0.494 e. The molecule has 8 nitrogen and oxygen atoms in total. The Hall–Kier alpha value is -3.10. The molecular formula is C12H10FN7O. The van der Waals surface area contributed by atoms with Gasteiger partial charge >= 0.3 is 0 Å². The van der Waals surface area contributed by atoms with E-state index < -0.39 is 5.82 Å². The minimum absolute atomic E-state index is 0.0484. The molecule has 0 fully saturated rings. The molecule has 0 aliphatic heterocycles. The second-order valence-electron chi connectivity index (χ2n) is 3.98. The Kier molecular flexibility index (Phi) is 3.14. The summed E-state index contributed by atoms with van der Waals surface area (Å²) in [6, 6.07) is 4.66. The third-order valence-corrected chi connectivity index (χ3v) is 2.69. The summed E-state index contributed by atoms with van der Waals surface area (Å²) in [5.41, 5.74) is 5.80. The van der Waals surface area contributed by atoms with Gasteiger partial charge in [0.15, 0.2) is 17.4 Å². The summed E-state index contributed by atoms with van der Waals surface area (Å²) in [6.07, 6.45) is 2.73. The predicted molar refractivity (Wildman–Crippen MR) is 71.1 cm³/mol. The van der Waals surface area contributed by atoms with Crippen LogP contribution in [0.4, 0.5) is 10.3 Å². The van der Waals surface area contributed by atoms with Crippen molar-refractivity contribution in [2.75, 3.05) is 12.8 Å². The highest BCUT2D eigenvalue weighted by molar-refractivity contribution is 5.60. The molecule has 0 saturated carbocycles. The number of nitrogen functional groups attached to an aromatic ring is 1. The van der Waals surface area contributed by atoms with Crippen LogP contribution in [0.5, 0.6) is 5.75 Å². The van der Waals surface area contributed by atoms with Crippen molar-refractivity contribution in [3.05, 3.63) is 36.7 Å². The molecule has 0 spiro atoms. The summed E-state index contributed by atoms with van der Waals surface area (Å²) in [6.45, 7) is 0. The van der Waals surface area contributed by atoms with E-state index in [2.05, 4.69) is 25.0 Å². The van der Waals surface area contributed by atoms with Crippen molar-refractivity contribution in [3.63, 3.8) is 0 Å². The molecule has 0 unspecified atom stereocenters. The zero-order valence-electron chi connectivity index (χ0n) is 10.9. The molecule has 3 rings (SSSR count). The molecule has 9 heteroatoms. The number of benzene rings is 1. The summed E-state index contributed by atoms with van der Waals surface area (Å²) in [4.78, 5) is 15.8. The van der Waals surface area contributed by atoms with Crippen LogP contribution in [0, 0.1) is 5.82 Å². The standard InChI is InChI=1S/C12H10FN7O/c1-21-8-4-2-3-7(9(8)13)10-17-11(14)19-12(18-10)20-6-15-5-16-20/h2-6H,1H3,(H2,14,17,18,19). The Balaban J connectivity index is 2.15. The lowest BCUT2D eigenvalue weighted by Gasteiger charge is -2.07. The van der Waals surface area contributed by atoms with Crippen molar-refractivity contribution >= 4 is 5.95 Å². The summed E-state index contributed by atoms with van der Waals surface area (Å²) in [5.74, 6) is -0.293. The molecule has 0 bridgehead atoms. The number of hydrogen-bond acceptors (Lipinski definition) is 7. The van der Waals surface area contributed by atoms with Crippen LogP contribution in [0.25, 0.3) is 17.3 Å². The van der Waals surface area contributed by atoms with Gasteiger partial charge in [0.1, 0.15) is 12.7 Å². The first kappa shape index (κ1) is 12.9. The van der Waals surface area contributed by atoms with Crippen molar-refractivity contribution in [1.29, 1.82) is 0 Å². The van der Waals surface area contributed by atoms with Crippen LogP contribution >= 0.6 is 0 Å². The summed E-state index contributed by atoms with van der Waals surface area (Å²) in [7, 11) is 1.38. The smallest absolute Gasteiger partial charge is 0.257 e. The molecule has 2 N–H and O–H groups in total. The van der Waals surface area contributed by atoms with Crippen LogP contribution in [-0.2, 0) is 0 Å². The van der Waals surface area contributed by atoms with E-state index in [4.69, 9.17) is 10.5 Å². The molecular weight excluding hydrogens is 277 g/mol. The van der Waals surface area contributed by atoms with Gasteiger partial charge in [-0.2, -0.15) is 24.7 Å². The van der Waals surface area contributed by atoms with Gasteiger partial charge in [0.2, 0.25) is 5.95 Å². The van der Waals surface area contributed by atoms with E-state index in [1.165, 1.54) is 36.6 Å². The largest absolute Gasteiger partial charge is 0.494 e. The molecule has 2 aromatic heterocycles. The van der Waals surface area contributed by atoms with E-state index in [9.17, 15) is 4.39 Å². The second kappa shape index (κ2) is 5.12. The lowest BCUT2D eigenvalue weighted by atomic mass is 10.2. The minimum atomic E-state index is -0.574. The number of aromatic nitrogens is 6. The average molecular weight is 287 g/mol. The molecule has 0 amide bonds. The van der Waals surface area contributed by atoms with Crippen LogP contribution in [0.15, 0.2) is 30.9 Å². The summed E-state index contributed by atoms with van der Waals surface area (Å²) in [5, 5.41) is 3.90. The van der Waals surface area contributed by atoms with Crippen molar-refractivity contribution in [3.8, 4) is 23.1 Å². The molecule has 0 atom stereocenters. The Labute approximate surface area is 118 Å². The number of rotatable bonds is 3. The Morgan fingerprint density at radius 2 is 2.10 bits per heavy atom. The fourth-order valence-corrected chi connectivity index (χ4v) is 1.76. The zero-order valence-corrected chi connectivity index (χ0v) is 10.9. The fourth-order valence-electron chi connectivity index (χ4n) is 1.76. The summed E-state index contributed by atoms with van der Waals surface area (Å²) < 4.78 is 20.5. The molecule has 0 aliphatic rings. The highest BCUT2D eigenvalue weighted by Crippen LogP contribution is 2.27. The molecule has 0 saturated heterocycles. The van der Waals surface area contributed by atoms with Crippen molar-refractivity contribution in [1.82, 2.24) is 29.7 Å². The van der Waals surface area contributed by atoms with Crippen LogP contribution in [0.2, 0.25) is 0 Å². The zero-order chi connectivity index (χ0) is 14.8. The van der Waals surface area contributed by atoms with Gasteiger partial charge in [-0.1, -0.05) is 6.07 Å². The van der Waals surface area contributed by atoms with Gasteiger partial charge in [-0.05, 0) is 12.1 Å². The average Bonchev–Trinajstić information content (AvgIpc) is 3.01. The van der Waals surface area contributed by atoms with Gasteiger partial charge in [-0.15, -0.1) is 0 Å². The molecule has 3 aromatic rings. The van der Waals surface area contributed by atoms with Gasteiger partial charge in [0.25, 0.3) is 5.95 Å². The SMILES string of the molecule is COc1cccc(-c2nc(N)nc(-n3cncn3)n2)c1F. The number of nitrogens with two attached hydrogens (primary N) is 1. The Morgan fingerprint density at radius 3 is 2.81 bits per heavy atom. The number of methoxy groups -OCH3 is 1. The molecule has 0 radical (unpaired) electrons. The van der Waals surface area contributed by atoms with Crippen molar-refractivity contribution < 1.29 is 9.13 Å². The number of ether oxygens (including phenoxy) is 1. The van der Waals surface area contributed by atoms with Crippen molar-refractivity contribution in [2.45, 2.75) is 0 Å². The van der Waals surface area contributed by atoms with E-state index >= 15 is 0 Å². The van der Waals surface area contributed by atoms with Crippen LogP contribution in [-0.4, -0.2) is 36.8 Å². The summed E-state index contributed by atoms with van der Waals surface area (Å²) >= 11 is 0. The Bertz CT molecular complexity index is 775. The van der Waals surface area contributed by atoms with Crippen LogP contribution < -0.4 is 10.5 Å². The van der Waals surface area contributed by atoms with Gasteiger partial charge in [-0.3, -0.25) is 0 Å². The van der Waals surface area contributed by atoms with Crippen molar-refractivity contribution in [2.24, 2.45) is 0 Å². The van der Waals surface area contributed by atoms with E-state index in [-0.39, 0.29) is 29.0 Å². The Morgan fingerprint density at radius 1 is 1.24 bits per heavy atom. The second-order valence-corrected chi connectivity index (χ2v) is 3.98. The third-order valence-electron chi connectivity index (χ3n) is 2.69. The number of halogens is 1. The maximum absolute atomic E-state index is 14.3. The number of hydrogen-bond donors (Lipinski definition) is 1. The monoisotopic (exact) mass is 287 g/mol. The van der Waals surface area contributed by atoms with Gasteiger partial charge in [0, 0.05) is 0 Å². The van der Waals surface area contributed by atoms with E-state index in [1.54, 1.807) is 6.07 Å². The van der Waals surface area contributed by atoms with Gasteiger partial charge < -0.3 is 10.5 Å². The normalized spacial score (nSPS) is 10.6. The highest BCUT2D eigenvalue weighted by atomic mass is 19.1. The van der Waals surface area contributed by atoms with Crippen LogP contribution in [0.3, 0.4) is 0 Å².